The Morgan fingerprint density at radius 3 is 2.14 bits per heavy atom. The van der Waals surface area contributed by atoms with Crippen LogP contribution in [0.4, 0.5) is 0 Å². The van der Waals surface area contributed by atoms with Gasteiger partial charge in [0.2, 0.25) is 0 Å². The summed E-state index contributed by atoms with van der Waals surface area (Å²) in [5, 5.41) is 0. The summed E-state index contributed by atoms with van der Waals surface area (Å²) in [6.45, 7) is 5.20. The summed E-state index contributed by atoms with van der Waals surface area (Å²) >= 11 is 0. The van der Waals surface area contributed by atoms with E-state index in [1.165, 1.54) is 4.31 Å². The number of piperazine rings is 1. The highest BCUT2D eigenvalue weighted by molar-refractivity contribution is 7.86. The van der Waals surface area contributed by atoms with Crippen molar-refractivity contribution in [2.24, 2.45) is 0 Å². The number of likely N-dealkylation sites (N-methyl/N-ethyl adjacent to an activating group) is 1. The SMILES string of the molecule is CCN(C)S(=O)(=O)N1CCN(C)CC1. The van der Waals surface area contributed by atoms with Crippen molar-refractivity contribution in [3.63, 3.8) is 0 Å². The minimum Gasteiger partial charge on any atom is -0.304 e. The van der Waals surface area contributed by atoms with Gasteiger partial charge in [-0.2, -0.15) is 17.0 Å². The lowest BCUT2D eigenvalue weighted by molar-refractivity contribution is 0.214. The monoisotopic (exact) mass is 221 g/mol. The highest BCUT2D eigenvalue weighted by Gasteiger charge is 2.28. The standard InChI is InChI=1S/C8H19N3O2S/c1-4-10(3)14(12,13)11-7-5-9(2)6-8-11/h4-8H2,1-3H3. The van der Waals surface area contributed by atoms with Gasteiger partial charge in [0, 0.05) is 39.8 Å². The second-order valence-electron chi connectivity index (χ2n) is 3.62. The summed E-state index contributed by atoms with van der Waals surface area (Å²) < 4.78 is 26.7. The first-order valence-electron chi connectivity index (χ1n) is 4.88. The van der Waals surface area contributed by atoms with E-state index >= 15 is 0 Å². The van der Waals surface area contributed by atoms with Crippen LogP contribution in [0.25, 0.3) is 0 Å². The van der Waals surface area contributed by atoms with E-state index in [0.717, 1.165) is 13.1 Å². The molecule has 0 aromatic rings. The molecule has 5 nitrogen and oxygen atoms in total. The Hall–Kier alpha value is -0.170. The van der Waals surface area contributed by atoms with Crippen molar-refractivity contribution in [1.82, 2.24) is 13.5 Å². The Bertz CT molecular complexity index is 270. The van der Waals surface area contributed by atoms with E-state index < -0.39 is 10.2 Å². The molecule has 0 aromatic carbocycles. The maximum Gasteiger partial charge on any atom is 0.281 e. The second-order valence-corrected chi connectivity index (χ2v) is 5.66. The summed E-state index contributed by atoms with van der Waals surface area (Å²) in [4.78, 5) is 2.14. The molecule has 0 unspecified atom stereocenters. The molecule has 6 heteroatoms. The van der Waals surface area contributed by atoms with Gasteiger partial charge in [-0.25, -0.2) is 0 Å². The summed E-state index contributed by atoms with van der Waals surface area (Å²) in [7, 11) is 0.431. The molecule has 0 radical (unpaired) electrons. The lowest BCUT2D eigenvalue weighted by Gasteiger charge is -2.33. The fourth-order valence-electron chi connectivity index (χ4n) is 1.38. The van der Waals surface area contributed by atoms with Crippen LogP contribution in [0.5, 0.6) is 0 Å². The van der Waals surface area contributed by atoms with Gasteiger partial charge >= 0.3 is 0 Å². The molecule has 0 N–H and O–H groups in total. The number of nitrogens with zero attached hydrogens (tertiary/aromatic N) is 3. The molecule has 1 aliphatic rings. The van der Waals surface area contributed by atoms with E-state index in [1.807, 2.05) is 14.0 Å². The maximum absolute atomic E-state index is 11.9. The molecule has 0 atom stereocenters. The van der Waals surface area contributed by atoms with Gasteiger partial charge < -0.3 is 4.90 Å². The molecule has 1 fully saturated rings. The minimum absolute atomic E-state index is 0.522. The third kappa shape index (κ3) is 2.44. The predicted octanol–water partition coefficient (Wildman–Crippen LogP) is -0.570. The zero-order valence-corrected chi connectivity index (χ0v) is 9.92. The number of rotatable bonds is 3. The summed E-state index contributed by atoms with van der Waals surface area (Å²) in [6, 6.07) is 0. The molecule has 1 rings (SSSR count). The average molecular weight is 221 g/mol. The van der Waals surface area contributed by atoms with E-state index in [-0.39, 0.29) is 0 Å². The van der Waals surface area contributed by atoms with Gasteiger partial charge in [0.1, 0.15) is 0 Å². The van der Waals surface area contributed by atoms with Gasteiger partial charge in [0.25, 0.3) is 10.2 Å². The van der Waals surface area contributed by atoms with Crippen molar-refractivity contribution in [2.45, 2.75) is 6.92 Å². The summed E-state index contributed by atoms with van der Waals surface area (Å²) in [6.07, 6.45) is 0. The molecule has 0 aromatic heterocycles. The first-order valence-corrected chi connectivity index (χ1v) is 6.28. The second kappa shape index (κ2) is 4.57. The van der Waals surface area contributed by atoms with Gasteiger partial charge in [0.15, 0.2) is 0 Å². The van der Waals surface area contributed by atoms with Crippen molar-refractivity contribution in [3.05, 3.63) is 0 Å². The van der Waals surface area contributed by atoms with Crippen LogP contribution in [0.2, 0.25) is 0 Å². The van der Waals surface area contributed by atoms with Crippen LogP contribution in [0.1, 0.15) is 6.92 Å². The molecular formula is C8H19N3O2S. The molecular weight excluding hydrogens is 202 g/mol. The topological polar surface area (TPSA) is 43.9 Å². The highest BCUT2D eigenvalue weighted by atomic mass is 32.2. The van der Waals surface area contributed by atoms with Gasteiger partial charge in [0.05, 0.1) is 0 Å². The summed E-state index contributed by atoms with van der Waals surface area (Å²) in [5.41, 5.74) is 0. The molecule has 1 heterocycles. The fraction of sp³-hybridized carbons (Fsp3) is 1.00. The van der Waals surface area contributed by atoms with Crippen LogP contribution >= 0.6 is 0 Å². The van der Waals surface area contributed by atoms with Crippen LogP contribution in [-0.4, -0.2) is 68.7 Å². The van der Waals surface area contributed by atoms with Crippen LogP contribution < -0.4 is 0 Å². The lowest BCUT2D eigenvalue weighted by Crippen LogP contribution is -2.51. The Labute approximate surface area is 86.5 Å². The van der Waals surface area contributed by atoms with Crippen molar-refractivity contribution in [1.29, 1.82) is 0 Å². The van der Waals surface area contributed by atoms with Crippen molar-refractivity contribution >= 4 is 10.2 Å². The van der Waals surface area contributed by atoms with Gasteiger partial charge in [-0.1, -0.05) is 6.92 Å². The Morgan fingerprint density at radius 2 is 1.71 bits per heavy atom. The smallest absolute Gasteiger partial charge is 0.281 e. The maximum atomic E-state index is 11.9. The third-order valence-corrected chi connectivity index (χ3v) is 4.69. The molecule has 84 valence electrons. The zero-order valence-electron chi connectivity index (χ0n) is 9.10. The van der Waals surface area contributed by atoms with Gasteiger partial charge in [-0.15, -0.1) is 0 Å². The van der Waals surface area contributed by atoms with E-state index in [4.69, 9.17) is 0 Å². The number of hydrogen-bond donors (Lipinski definition) is 0. The first-order chi connectivity index (χ1) is 6.48. The highest BCUT2D eigenvalue weighted by Crippen LogP contribution is 2.09. The van der Waals surface area contributed by atoms with Gasteiger partial charge in [-0.05, 0) is 7.05 Å². The molecule has 1 saturated heterocycles. The molecule has 0 spiro atoms. The third-order valence-electron chi connectivity index (χ3n) is 2.63. The molecule has 0 saturated carbocycles. The Morgan fingerprint density at radius 1 is 1.21 bits per heavy atom. The number of hydrogen-bond acceptors (Lipinski definition) is 3. The van der Waals surface area contributed by atoms with E-state index in [2.05, 4.69) is 4.90 Å². The first kappa shape index (κ1) is 11.9. The van der Waals surface area contributed by atoms with Crippen LogP contribution in [0, 0.1) is 0 Å². The zero-order chi connectivity index (χ0) is 10.8. The average Bonchev–Trinajstić information content (AvgIpc) is 2.17. The summed E-state index contributed by atoms with van der Waals surface area (Å²) in [5.74, 6) is 0. The van der Waals surface area contributed by atoms with Crippen LogP contribution in [0.15, 0.2) is 0 Å². The Kier molecular flexibility index (Phi) is 3.88. The molecule has 0 amide bonds. The quantitative estimate of drug-likeness (QED) is 0.641. The largest absolute Gasteiger partial charge is 0.304 e. The normalized spacial score (nSPS) is 21.7. The Balaban J connectivity index is 2.65. The minimum atomic E-state index is -3.20. The van der Waals surface area contributed by atoms with Crippen molar-refractivity contribution < 1.29 is 8.42 Å². The molecule has 0 bridgehead atoms. The molecule has 14 heavy (non-hydrogen) atoms. The van der Waals surface area contributed by atoms with Crippen LogP contribution in [-0.2, 0) is 10.2 Å². The molecule has 1 aliphatic heterocycles. The van der Waals surface area contributed by atoms with E-state index in [1.54, 1.807) is 11.4 Å². The van der Waals surface area contributed by atoms with Crippen molar-refractivity contribution in [3.8, 4) is 0 Å². The van der Waals surface area contributed by atoms with E-state index in [9.17, 15) is 8.42 Å². The van der Waals surface area contributed by atoms with Crippen LogP contribution in [0.3, 0.4) is 0 Å². The predicted molar refractivity (Wildman–Crippen MR) is 56.3 cm³/mol. The van der Waals surface area contributed by atoms with Gasteiger partial charge in [-0.3, -0.25) is 0 Å². The van der Waals surface area contributed by atoms with Crippen molar-refractivity contribution in [2.75, 3.05) is 46.8 Å². The lowest BCUT2D eigenvalue weighted by atomic mass is 10.4. The fourth-order valence-corrected chi connectivity index (χ4v) is 2.72. The molecule has 0 aliphatic carbocycles. The van der Waals surface area contributed by atoms with E-state index in [0.29, 0.717) is 19.6 Å².